The van der Waals surface area contributed by atoms with Gasteiger partial charge < -0.3 is 67.3 Å². The minimum Gasteiger partial charge on any atom is -0.469 e. The van der Waals surface area contributed by atoms with Crippen molar-refractivity contribution in [2.45, 2.75) is 217 Å². The van der Waals surface area contributed by atoms with Crippen LogP contribution in [0.25, 0.3) is 0 Å². The number of esters is 3. The number of amides is 1. The molecular weight excluding hydrogens is 983 g/mol. The molecule has 2 N–H and O–H groups in total. The fourth-order valence-electron chi connectivity index (χ4n) is 10.4. The average Bonchev–Trinajstić information content (AvgIpc) is 3.43. The molecule has 0 radical (unpaired) electrons. The number of benzene rings is 1. The molecule has 18 nitrogen and oxygen atoms in total. The van der Waals surface area contributed by atoms with E-state index in [1.807, 2.05) is 13.8 Å². The Bertz CT molecular complexity index is 1870. The van der Waals surface area contributed by atoms with Gasteiger partial charge in [0.2, 0.25) is 0 Å². The second-order valence-electron chi connectivity index (χ2n) is 20.5. The molecule has 2 saturated heterocycles. The van der Waals surface area contributed by atoms with Crippen molar-refractivity contribution in [3.8, 4) is 0 Å². The molecule has 5 rings (SSSR count). The fraction of sp³-hybridized carbons (Fsp3) is 0.759. The Kier molecular flexibility index (Phi) is 28.2. The lowest BCUT2D eigenvalue weighted by molar-refractivity contribution is -0.347. The number of hydrogen-bond donors (Lipinski definition) is 2. The molecule has 0 aromatic heterocycles. The van der Waals surface area contributed by atoms with Gasteiger partial charge in [-0.3, -0.25) is 4.79 Å². The number of nitrogens with one attached hydrogen (secondary N) is 1. The Morgan fingerprint density at radius 3 is 2.03 bits per heavy atom. The zero-order valence-corrected chi connectivity index (χ0v) is 46.2. The third-order valence-corrected chi connectivity index (χ3v) is 14.7. The highest BCUT2D eigenvalue weighted by Crippen LogP contribution is 2.41. The monoisotopic (exact) mass is 1070 g/mol. The number of aliphatic hydroxyl groups is 1. The highest BCUT2D eigenvalue weighted by atomic mass is 16.7. The van der Waals surface area contributed by atoms with E-state index in [0.29, 0.717) is 26.2 Å². The molecule has 0 bridgehead atoms. The van der Waals surface area contributed by atoms with Gasteiger partial charge in [0.25, 0.3) is 0 Å². The van der Waals surface area contributed by atoms with Gasteiger partial charge in [-0.15, -0.1) is 6.58 Å². The molecular formula is C58H91NO17. The van der Waals surface area contributed by atoms with Crippen molar-refractivity contribution in [1.29, 1.82) is 0 Å². The minimum atomic E-state index is -1.64. The van der Waals surface area contributed by atoms with E-state index in [9.17, 15) is 24.3 Å². The smallest absolute Gasteiger partial charge is 0.407 e. The van der Waals surface area contributed by atoms with Gasteiger partial charge in [-0.05, 0) is 69.9 Å². The van der Waals surface area contributed by atoms with Gasteiger partial charge in [0, 0.05) is 25.7 Å². The second kappa shape index (κ2) is 34.1. The van der Waals surface area contributed by atoms with Crippen LogP contribution >= 0.6 is 0 Å². The maximum atomic E-state index is 14.1. The van der Waals surface area contributed by atoms with Crippen LogP contribution in [0.1, 0.15) is 148 Å². The van der Waals surface area contributed by atoms with Gasteiger partial charge in [-0.25, -0.2) is 14.4 Å². The van der Waals surface area contributed by atoms with Crippen molar-refractivity contribution >= 4 is 24.0 Å². The quantitative estimate of drug-likeness (QED) is 0.0299. The Labute approximate surface area is 451 Å². The largest absolute Gasteiger partial charge is 0.469 e. The van der Waals surface area contributed by atoms with Crippen LogP contribution in [0.2, 0.25) is 0 Å². The summed E-state index contributed by atoms with van der Waals surface area (Å²) in [6.07, 6.45) is 1.70. The van der Waals surface area contributed by atoms with Crippen LogP contribution in [0.5, 0.6) is 0 Å². The topological polar surface area (TPSA) is 211 Å². The van der Waals surface area contributed by atoms with E-state index in [1.165, 1.54) is 13.2 Å². The number of carbonyl (C=O) groups excluding carboxylic acids is 4. The lowest BCUT2D eigenvalue weighted by Gasteiger charge is -2.50. The normalized spacial score (nSPS) is 30.4. The van der Waals surface area contributed by atoms with Gasteiger partial charge in [-0.2, -0.15) is 0 Å². The van der Waals surface area contributed by atoms with E-state index in [-0.39, 0.29) is 44.0 Å². The van der Waals surface area contributed by atoms with E-state index in [2.05, 4.69) is 39.2 Å². The SMILES string of the molecule is C=CCOC(=O)NC1C(O[C@@H](CC2CCCCC2)C(=O)OCCCC)[C@@H](O)[C@H](COC(=O)c2ccccc2)O[C@H]1O[C@@H]1CC(C(=O)OC)CC(C=C)[C@H]1OC1O[C@@H](C)C(OCCCC)[C@H](OCCCC)[C@@H]1OCCCC. The predicted octanol–water partition coefficient (Wildman–Crippen LogP) is 8.73. The van der Waals surface area contributed by atoms with Gasteiger partial charge in [0.1, 0.15) is 55.9 Å². The van der Waals surface area contributed by atoms with Crippen LogP contribution in [0.15, 0.2) is 55.6 Å². The lowest BCUT2D eigenvalue weighted by atomic mass is 9.77. The number of ether oxygens (including phenoxy) is 12. The van der Waals surface area contributed by atoms with Crippen LogP contribution in [0.3, 0.4) is 0 Å². The van der Waals surface area contributed by atoms with Crippen LogP contribution < -0.4 is 5.32 Å². The molecule has 1 aromatic carbocycles. The fourth-order valence-corrected chi connectivity index (χ4v) is 10.4. The summed E-state index contributed by atoms with van der Waals surface area (Å²) in [6, 6.07) is 6.95. The van der Waals surface area contributed by atoms with E-state index < -0.39 is 122 Å². The zero-order valence-electron chi connectivity index (χ0n) is 46.2. The van der Waals surface area contributed by atoms with Crippen molar-refractivity contribution < 1.29 is 81.1 Å². The van der Waals surface area contributed by atoms with Gasteiger partial charge >= 0.3 is 24.0 Å². The standard InChI is InChI=1S/C58H91NO17/c1-9-15-30-66-48-38(7)72-57(52(68-32-17-11-3)51(48)67-31-16-10-2)76-49-40(14-6)35-42(53(61)65-8)36-43(49)74-56-46(59-58(64)70-29-13-5)50(47(60)45(75-56)37-71-54(62)41-27-23-20-24-28-41)73-44(55(63)69-33-18-12-4)34-39-25-21-19-22-26-39/h13-14,20,23-24,27-28,38-40,42-52,56-57,60H,5-6,9-12,15-19,21-22,25-26,29-37H2,1-4,7-8H3,(H,59,64)/t38-,40?,42?,43+,44-,45-,46?,47-,48?,49+,50?,51-,52-,56+,57?/m0/s1. The van der Waals surface area contributed by atoms with E-state index >= 15 is 0 Å². The lowest BCUT2D eigenvalue weighted by Crippen LogP contribution is -2.67. The summed E-state index contributed by atoms with van der Waals surface area (Å²) < 4.78 is 76.6. The van der Waals surface area contributed by atoms with Crippen molar-refractivity contribution in [2.24, 2.45) is 17.8 Å². The van der Waals surface area contributed by atoms with Crippen molar-refractivity contribution in [3.63, 3.8) is 0 Å². The summed E-state index contributed by atoms with van der Waals surface area (Å²) in [6.45, 7) is 18.9. The summed E-state index contributed by atoms with van der Waals surface area (Å²) in [5.74, 6) is -2.93. The number of alkyl carbamates (subject to hydrolysis) is 1. The number of unbranched alkanes of at least 4 members (excludes halogenated alkanes) is 4. The van der Waals surface area contributed by atoms with Crippen molar-refractivity contribution in [3.05, 3.63) is 61.2 Å². The number of rotatable bonds is 32. The maximum absolute atomic E-state index is 14.1. The van der Waals surface area contributed by atoms with Gasteiger partial charge in [0.15, 0.2) is 18.7 Å². The van der Waals surface area contributed by atoms with Gasteiger partial charge in [-0.1, -0.05) is 122 Å². The first-order chi connectivity index (χ1) is 36.9. The second-order valence-corrected chi connectivity index (χ2v) is 20.5. The van der Waals surface area contributed by atoms with E-state index in [0.717, 1.165) is 77.0 Å². The highest BCUT2D eigenvalue weighted by Gasteiger charge is 2.54. The van der Waals surface area contributed by atoms with Crippen LogP contribution in [0.4, 0.5) is 4.79 Å². The minimum absolute atomic E-state index is 0.0355. The first-order valence-corrected chi connectivity index (χ1v) is 28.3. The maximum Gasteiger partial charge on any atom is 0.407 e. The number of hydrogen-bond acceptors (Lipinski definition) is 17. The third kappa shape index (κ3) is 18.9. The van der Waals surface area contributed by atoms with Crippen LogP contribution in [0, 0.1) is 17.8 Å². The molecule has 0 spiro atoms. The molecule has 4 aliphatic rings. The summed E-state index contributed by atoms with van der Waals surface area (Å²) in [4.78, 5) is 55.0. The molecule has 18 heteroatoms. The molecule has 2 heterocycles. The molecule has 4 fully saturated rings. The molecule has 430 valence electrons. The number of methoxy groups -OCH3 is 1. The van der Waals surface area contributed by atoms with E-state index in [1.54, 1.807) is 36.4 Å². The Morgan fingerprint density at radius 2 is 1.39 bits per heavy atom. The van der Waals surface area contributed by atoms with E-state index in [4.69, 9.17) is 56.8 Å². The number of aliphatic hydroxyl groups excluding tert-OH is 1. The third-order valence-electron chi connectivity index (χ3n) is 14.7. The Hall–Kier alpha value is -3.98. The predicted molar refractivity (Wildman–Crippen MR) is 282 cm³/mol. The van der Waals surface area contributed by atoms with Crippen LogP contribution in [-0.2, 0) is 66.4 Å². The average molecular weight is 1070 g/mol. The summed E-state index contributed by atoms with van der Waals surface area (Å²) in [7, 11) is 1.32. The Morgan fingerprint density at radius 1 is 0.750 bits per heavy atom. The Balaban J connectivity index is 1.60. The zero-order chi connectivity index (χ0) is 54.8. The molecule has 76 heavy (non-hydrogen) atoms. The molecule has 1 amide bonds. The summed E-state index contributed by atoms with van der Waals surface area (Å²) in [5.41, 5.74) is 0.264. The number of carbonyl (C=O) groups is 4. The molecule has 6 unspecified atom stereocenters. The highest BCUT2D eigenvalue weighted by molar-refractivity contribution is 5.89. The molecule has 2 aliphatic carbocycles. The first kappa shape index (κ1) is 62.9. The van der Waals surface area contributed by atoms with Gasteiger partial charge in [0.05, 0.1) is 43.5 Å². The summed E-state index contributed by atoms with van der Waals surface area (Å²) in [5, 5.41) is 15.3. The summed E-state index contributed by atoms with van der Waals surface area (Å²) >= 11 is 0. The first-order valence-electron chi connectivity index (χ1n) is 28.3. The molecule has 15 atom stereocenters. The van der Waals surface area contributed by atoms with Crippen LogP contribution in [-0.4, -0.2) is 156 Å². The van der Waals surface area contributed by atoms with Crippen molar-refractivity contribution in [2.75, 3.05) is 46.8 Å². The molecule has 2 aliphatic heterocycles. The van der Waals surface area contributed by atoms with Crippen molar-refractivity contribution in [1.82, 2.24) is 5.32 Å². The molecule has 2 saturated carbocycles. The molecule has 1 aromatic rings.